The lowest BCUT2D eigenvalue weighted by Gasteiger charge is -2.35. The Kier molecular flexibility index (Phi) is 6.41. The summed E-state index contributed by atoms with van der Waals surface area (Å²) in [6, 6.07) is 6.61. The minimum atomic E-state index is -3.30. The number of nitrogens with zero attached hydrogens (tertiary/aromatic N) is 2. The Labute approximate surface area is 138 Å². The minimum absolute atomic E-state index is 0.108. The number of aliphatic hydroxyl groups is 1. The van der Waals surface area contributed by atoms with E-state index in [1.807, 2.05) is 0 Å². The molecular formula is C16H26N2O4S. The van der Waals surface area contributed by atoms with Gasteiger partial charge in [0.1, 0.15) is 5.75 Å². The Morgan fingerprint density at radius 1 is 1.22 bits per heavy atom. The van der Waals surface area contributed by atoms with Crippen LogP contribution in [0.5, 0.6) is 5.75 Å². The van der Waals surface area contributed by atoms with E-state index < -0.39 is 9.84 Å². The van der Waals surface area contributed by atoms with Crippen molar-refractivity contribution >= 4 is 9.84 Å². The van der Waals surface area contributed by atoms with E-state index in [-0.39, 0.29) is 11.9 Å². The summed E-state index contributed by atoms with van der Waals surface area (Å²) in [5.41, 5.74) is 0. The molecule has 1 fully saturated rings. The molecule has 0 spiro atoms. The van der Waals surface area contributed by atoms with E-state index in [2.05, 4.69) is 9.80 Å². The molecule has 1 saturated heterocycles. The number of sulfone groups is 1. The molecule has 7 heteroatoms. The van der Waals surface area contributed by atoms with E-state index in [1.165, 1.54) is 7.11 Å². The van der Waals surface area contributed by atoms with Crippen molar-refractivity contribution < 1.29 is 18.3 Å². The molecule has 0 aliphatic carbocycles. The van der Waals surface area contributed by atoms with E-state index >= 15 is 0 Å². The summed E-state index contributed by atoms with van der Waals surface area (Å²) in [6.45, 7) is 6.39. The van der Waals surface area contributed by atoms with Crippen molar-refractivity contribution in [1.29, 1.82) is 0 Å². The smallest absolute Gasteiger partial charge is 0.179 e. The van der Waals surface area contributed by atoms with Crippen LogP contribution in [-0.4, -0.2) is 81.6 Å². The molecule has 1 atom stereocenters. The highest BCUT2D eigenvalue weighted by molar-refractivity contribution is 7.91. The van der Waals surface area contributed by atoms with Crippen LogP contribution in [-0.2, 0) is 9.84 Å². The molecule has 130 valence electrons. The highest BCUT2D eigenvalue weighted by Gasteiger charge is 2.21. The Morgan fingerprint density at radius 3 is 2.48 bits per heavy atom. The van der Waals surface area contributed by atoms with Gasteiger partial charge in [-0.2, -0.15) is 0 Å². The van der Waals surface area contributed by atoms with Gasteiger partial charge in [0, 0.05) is 39.3 Å². The molecule has 1 N–H and O–H groups in total. The highest BCUT2D eigenvalue weighted by atomic mass is 32.2. The number of β-amino-alcohol motifs (C(OH)–C–C–N with tert-alkyl or cyclic N) is 1. The number of aliphatic hydroxyl groups excluding tert-OH is 1. The van der Waals surface area contributed by atoms with E-state index in [0.29, 0.717) is 23.7 Å². The van der Waals surface area contributed by atoms with Crippen LogP contribution in [0.15, 0.2) is 29.2 Å². The molecule has 0 saturated carbocycles. The van der Waals surface area contributed by atoms with E-state index in [0.717, 1.165) is 26.2 Å². The zero-order valence-electron chi connectivity index (χ0n) is 13.8. The van der Waals surface area contributed by atoms with E-state index in [1.54, 1.807) is 31.2 Å². The van der Waals surface area contributed by atoms with Crippen molar-refractivity contribution in [3.05, 3.63) is 24.3 Å². The summed E-state index contributed by atoms with van der Waals surface area (Å²) in [5.74, 6) is 0.661. The van der Waals surface area contributed by atoms with Gasteiger partial charge in [-0.25, -0.2) is 8.42 Å². The monoisotopic (exact) mass is 342 g/mol. The van der Waals surface area contributed by atoms with Crippen molar-refractivity contribution in [2.24, 2.45) is 0 Å². The number of hydrogen-bond acceptors (Lipinski definition) is 6. The fourth-order valence-corrected chi connectivity index (χ4v) is 4.05. The first kappa shape index (κ1) is 18.2. The second-order valence-electron chi connectivity index (χ2n) is 5.99. The normalized spacial score (nSPS) is 18.7. The molecule has 23 heavy (non-hydrogen) atoms. The van der Waals surface area contributed by atoms with Crippen molar-refractivity contribution in [3.8, 4) is 5.75 Å². The van der Waals surface area contributed by atoms with Crippen molar-refractivity contribution in [1.82, 2.24) is 9.80 Å². The third kappa shape index (κ3) is 5.46. The van der Waals surface area contributed by atoms with Crippen molar-refractivity contribution in [2.75, 3.05) is 52.1 Å². The van der Waals surface area contributed by atoms with Gasteiger partial charge in [-0.15, -0.1) is 0 Å². The Hall–Kier alpha value is -1.15. The lowest BCUT2D eigenvalue weighted by atomic mass is 10.3. The topological polar surface area (TPSA) is 70.1 Å². The van der Waals surface area contributed by atoms with Crippen LogP contribution in [0, 0.1) is 0 Å². The molecule has 0 bridgehead atoms. The average Bonchev–Trinajstić information content (AvgIpc) is 2.54. The van der Waals surface area contributed by atoms with E-state index in [4.69, 9.17) is 4.74 Å². The molecule has 6 nitrogen and oxygen atoms in total. The van der Waals surface area contributed by atoms with Crippen LogP contribution in [0.3, 0.4) is 0 Å². The number of methoxy groups -OCH3 is 1. The lowest BCUT2D eigenvalue weighted by molar-refractivity contribution is 0.0832. The van der Waals surface area contributed by atoms with Gasteiger partial charge in [0.15, 0.2) is 9.84 Å². The SMILES string of the molecule is COc1cccc(S(=O)(=O)CCN2CCN(CC(C)O)CC2)c1. The second-order valence-corrected chi connectivity index (χ2v) is 8.10. The largest absolute Gasteiger partial charge is 0.497 e. The van der Waals surface area contributed by atoms with Crippen LogP contribution in [0.2, 0.25) is 0 Å². The third-order valence-electron chi connectivity index (χ3n) is 4.06. The van der Waals surface area contributed by atoms with E-state index in [9.17, 15) is 13.5 Å². The summed E-state index contributed by atoms with van der Waals surface area (Å²) >= 11 is 0. The zero-order valence-corrected chi connectivity index (χ0v) is 14.6. The van der Waals surface area contributed by atoms with Gasteiger partial charge >= 0.3 is 0 Å². The van der Waals surface area contributed by atoms with Gasteiger partial charge in [-0.05, 0) is 25.1 Å². The molecule has 0 radical (unpaired) electrons. The predicted octanol–water partition coefficient (Wildman–Crippen LogP) is 0.467. The number of piperazine rings is 1. The standard InChI is InChI=1S/C16H26N2O4S/c1-14(19)13-18-8-6-17(7-9-18)10-11-23(20,21)16-5-3-4-15(12-16)22-2/h3-5,12,14,19H,6-11,13H2,1-2H3. The molecule has 0 amide bonds. The molecular weight excluding hydrogens is 316 g/mol. The maximum absolute atomic E-state index is 12.4. The summed E-state index contributed by atoms with van der Waals surface area (Å²) in [5, 5.41) is 9.40. The van der Waals surface area contributed by atoms with Crippen LogP contribution in [0.25, 0.3) is 0 Å². The van der Waals surface area contributed by atoms with Gasteiger partial charge in [0.2, 0.25) is 0 Å². The third-order valence-corrected chi connectivity index (χ3v) is 5.76. The summed E-state index contributed by atoms with van der Waals surface area (Å²) in [7, 11) is -1.77. The minimum Gasteiger partial charge on any atom is -0.497 e. The van der Waals surface area contributed by atoms with Crippen LogP contribution in [0.1, 0.15) is 6.92 Å². The molecule has 1 aliphatic heterocycles. The first-order valence-corrected chi connectivity index (χ1v) is 9.55. The maximum Gasteiger partial charge on any atom is 0.179 e. The number of rotatable bonds is 7. The molecule has 2 rings (SSSR count). The Balaban J connectivity index is 1.85. The van der Waals surface area contributed by atoms with Gasteiger partial charge < -0.3 is 9.84 Å². The van der Waals surface area contributed by atoms with Crippen LogP contribution >= 0.6 is 0 Å². The second kappa shape index (κ2) is 8.10. The highest BCUT2D eigenvalue weighted by Crippen LogP contribution is 2.18. The number of ether oxygens (including phenoxy) is 1. The molecule has 0 aromatic heterocycles. The first-order valence-electron chi connectivity index (χ1n) is 7.90. The fraction of sp³-hybridized carbons (Fsp3) is 0.625. The Bertz CT molecular complexity index is 596. The maximum atomic E-state index is 12.4. The summed E-state index contributed by atoms with van der Waals surface area (Å²) in [6.07, 6.45) is -0.324. The Morgan fingerprint density at radius 2 is 1.87 bits per heavy atom. The first-order chi connectivity index (χ1) is 10.9. The average molecular weight is 342 g/mol. The zero-order chi connectivity index (χ0) is 16.9. The van der Waals surface area contributed by atoms with Gasteiger partial charge in [0.25, 0.3) is 0 Å². The quantitative estimate of drug-likeness (QED) is 0.777. The fourth-order valence-electron chi connectivity index (χ4n) is 2.73. The molecule has 1 aromatic carbocycles. The predicted molar refractivity (Wildman–Crippen MR) is 89.6 cm³/mol. The lowest BCUT2D eigenvalue weighted by Crippen LogP contribution is -2.49. The van der Waals surface area contributed by atoms with Gasteiger partial charge in [-0.1, -0.05) is 6.07 Å². The number of hydrogen-bond donors (Lipinski definition) is 1. The molecule has 1 heterocycles. The molecule has 1 aromatic rings. The van der Waals surface area contributed by atoms with Gasteiger partial charge in [0.05, 0.1) is 23.9 Å². The van der Waals surface area contributed by atoms with Crippen molar-refractivity contribution in [2.45, 2.75) is 17.9 Å². The van der Waals surface area contributed by atoms with Crippen molar-refractivity contribution in [3.63, 3.8) is 0 Å². The molecule has 1 aliphatic rings. The number of benzene rings is 1. The summed E-state index contributed by atoms with van der Waals surface area (Å²) < 4.78 is 29.9. The van der Waals surface area contributed by atoms with Crippen LogP contribution in [0.4, 0.5) is 0 Å². The van der Waals surface area contributed by atoms with Crippen LogP contribution < -0.4 is 4.74 Å². The molecule has 1 unspecified atom stereocenters. The summed E-state index contributed by atoms with van der Waals surface area (Å²) in [4.78, 5) is 4.68. The van der Waals surface area contributed by atoms with Gasteiger partial charge in [-0.3, -0.25) is 9.80 Å².